The molecular weight excluding hydrogens is 244 g/mol. The van der Waals surface area contributed by atoms with E-state index in [9.17, 15) is 9.59 Å². The highest BCUT2D eigenvalue weighted by molar-refractivity contribution is 5.81. The van der Waals surface area contributed by atoms with Crippen LogP contribution in [0.1, 0.15) is 46.5 Å². The monoisotopic (exact) mass is 272 g/mol. The molecule has 1 amide bonds. The molecule has 0 aromatic carbocycles. The number of carbonyl (C=O) groups is 2. The minimum atomic E-state index is -0.309. The van der Waals surface area contributed by atoms with Gasteiger partial charge in [-0.15, -0.1) is 0 Å². The van der Waals surface area contributed by atoms with E-state index in [1.807, 2.05) is 0 Å². The lowest BCUT2D eigenvalue weighted by molar-refractivity contribution is -0.144. The van der Waals surface area contributed by atoms with Gasteiger partial charge < -0.3 is 15.0 Å². The molecule has 5 heteroatoms. The molecule has 0 aromatic rings. The van der Waals surface area contributed by atoms with E-state index in [-0.39, 0.29) is 24.7 Å². The van der Waals surface area contributed by atoms with E-state index in [1.165, 1.54) is 0 Å². The van der Waals surface area contributed by atoms with Crippen LogP contribution in [0, 0.1) is 0 Å². The Morgan fingerprint density at radius 2 is 1.89 bits per heavy atom. The standard InChI is InChI=1S/C14H28N2O3/c1-5-19-14(18)9-8-13(17)15-10-6-7-11-16(4)12(2)3/h12H,5-11H2,1-4H3,(H,15,17). The maximum absolute atomic E-state index is 11.4. The summed E-state index contributed by atoms with van der Waals surface area (Å²) in [4.78, 5) is 24.8. The van der Waals surface area contributed by atoms with Gasteiger partial charge in [-0.05, 0) is 47.2 Å². The fraction of sp³-hybridized carbons (Fsp3) is 0.857. The zero-order chi connectivity index (χ0) is 14.7. The van der Waals surface area contributed by atoms with E-state index in [0.717, 1.165) is 19.4 Å². The summed E-state index contributed by atoms with van der Waals surface area (Å²) in [6, 6.07) is 0.555. The van der Waals surface area contributed by atoms with E-state index in [2.05, 4.69) is 31.1 Å². The van der Waals surface area contributed by atoms with Gasteiger partial charge in [0.1, 0.15) is 0 Å². The van der Waals surface area contributed by atoms with Crippen molar-refractivity contribution in [3.05, 3.63) is 0 Å². The van der Waals surface area contributed by atoms with Gasteiger partial charge >= 0.3 is 5.97 Å². The molecule has 0 bridgehead atoms. The Hall–Kier alpha value is -1.10. The summed E-state index contributed by atoms with van der Waals surface area (Å²) >= 11 is 0. The number of ether oxygens (including phenoxy) is 1. The minimum absolute atomic E-state index is 0.0785. The molecule has 0 aliphatic heterocycles. The first kappa shape index (κ1) is 17.9. The lowest BCUT2D eigenvalue weighted by Crippen LogP contribution is -2.29. The predicted molar refractivity (Wildman–Crippen MR) is 75.9 cm³/mol. The van der Waals surface area contributed by atoms with Crippen LogP contribution in [0.5, 0.6) is 0 Å². The van der Waals surface area contributed by atoms with Crippen molar-refractivity contribution in [2.75, 3.05) is 26.7 Å². The molecule has 5 nitrogen and oxygen atoms in total. The van der Waals surface area contributed by atoms with Crippen molar-refractivity contribution in [3.8, 4) is 0 Å². The lowest BCUT2D eigenvalue weighted by atomic mass is 10.2. The van der Waals surface area contributed by atoms with Gasteiger partial charge in [-0.3, -0.25) is 9.59 Å². The van der Waals surface area contributed by atoms with Gasteiger partial charge in [0.25, 0.3) is 0 Å². The molecule has 112 valence electrons. The number of unbranched alkanes of at least 4 members (excludes halogenated alkanes) is 1. The summed E-state index contributed by atoms with van der Waals surface area (Å²) in [6.45, 7) is 8.16. The third-order valence-electron chi connectivity index (χ3n) is 3.00. The first-order chi connectivity index (χ1) is 8.97. The first-order valence-electron chi connectivity index (χ1n) is 7.10. The van der Waals surface area contributed by atoms with Crippen LogP contribution in [0.3, 0.4) is 0 Å². The summed E-state index contributed by atoms with van der Waals surface area (Å²) < 4.78 is 4.76. The van der Waals surface area contributed by atoms with E-state index in [0.29, 0.717) is 19.2 Å². The Labute approximate surface area is 116 Å². The fourth-order valence-electron chi connectivity index (χ4n) is 1.51. The third kappa shape index (κ3) is 10.5. The zero-order valence-electron chi connectivity index (χ0n) is 12.7. The number of hydrogen-bond acceptors (Lipinski definition) is 4. The van der Waals surface area contributed by atoms with Crippen molar-refractivity contribution < 1.29 is 14.3 Å². The van der Waals surface area contributed by atoms with E-state index in [4.69, 9.17) is 4.74 Å². The molecule has 0 aromatic heterocycles. The second-order valence-electron chi connectivity index (χ2n) is 4.94. The molecular formula is C14H28N2O3. The highest BCUT2D eigenvalue weighted by atomic mass is 16.5. The number of rotatable bonds is 10. The van der Waals surface area contributed by atoms with Crippen LogP contribution in [0.15, 0.2) is 0 Å². The summed E-state index contributed by atoms with van der Waals surface area (Å²) in [5, 5.41) is 2.82. The van der Waals surface area contributed by atoms with E-state index in [1.54, 1.807) is 6.92 Å². The quantitative estimate of drug-likeness (QED) is 0.484. The molecule has 0 aliphatic rings. The largest absolute Gasteiger partial charge is 0.466 e. The molecule has 0 unspecified atom stereocenters. The average Bonchev–Trinajstić information content (AvgIpc) is 2.36. The summed E-state index contributed by atoms with van der Waals surface area (Å²) in [5.41, 5.74) is 0. The normalized spacial score (nSPS) is 10.8. The van der Waals surface area contributed by atoms with Crippen molar-refractivity contribution in [2.24, 2.45) is 0 Å². The molecule has 0 heterocycles. The zero-order valence-corrected chi connectivity index (χ0v) is 12.7. The van der Waals surface area contributed by atoms with E-state index >= 15 is 0 Å². The lowest BCUT2D eigenvalue weighted by Gasteiger charge is -2.20. The number of nitrogens with zero attached hydrogens (tertiary/aromatic N) is 1. The highest BCUT2D eigenvalue weighted by Gasteiger charge is 2.07. The number of esters is 1. The van der Waals surface area contributed by atoms with Gasteiger partial charge in [0.15, 0.2) is 0 Å². The van der Waals surface area contributed by atoms with Crippen LogP contribution in [0.25, 0.3) is 0 Å². The number of carbonyl (C=O) groups excluding carboxylic acids is 2. The fourth-order valence-corrected chi connectivity index (χ4v) is 1.51. The van der Waals surface area contributed by atoms with Crippen LogP contribution >= 0.6 is 0 Å². The number of amides is 1. The molecule has 0 saturated heterocycles. The molecule has 0 saturated carbocycles. The molecule has 0 radical (unpaired) electrons. The molecule has 0 aliphatic carbocycles. The average molecular weight is 272 g/mol. The second kappa shape index (κ2) is 10.8. The number of nitrogens with one attached hydrogen (secondary N) is 1. The topological polar surface area (TPSA) is 58.6 Å². The van der Waals surface area contributed by atoms with E-state index < -0.39 is 0 Å². The van der Waals surface area contributed by atoms with Crippen molar-refractivity contribution in [2.45, 2.75) is 52.5 Å². The van der Waals surface area contributed by atoms with Crippen LogP contribution in [0.2, 0.25) is 0 Å². The Balaban J connectivity index is 3.46. The summed E-state index contributed by atoms with van der Waals surface area (Å²) in [5.74, 6) is -0.388. The first-order valence-corrected chi connectivity index (χ1v) is 7.10. The smallest absolute Gasteiger partial charge is 0.306 e. The maximum Gasteiger partial charge on any atom is 0.306 e. The van der Waals surface area contributed by atoms with Crippen LogP contribution in [-0.4, -0.2) is 49.6 Å². The summed E-state index contributed by atoms with van der Waals surface area (Å²) in [6.07, 6.45) is 2.40. The SMILES string of the molecule is CCOC(=O)CCC(=O)NCCCCN(C)C(C)C. The molecule has 0 spiro atoms. The maximum atomic E-state index is 11.4. The Kier molecular flexibility index (Phi) is 10.2. The molecule has 19 heavy (non-hydrogen) atoms. The van der Waals surface area contributed by atoms with Crippen LogP contribution in [-0.2, 0) is 14.3 Å². The predicted octanol–water partition coefficient (Wildman–Crippen LogP) is 1.57. The van der Waals surface area contributed by atoms with Crippen molar-refractivity contribution in [3.63, 3.8) is 0 Å². The van der Waals surface area contributed by atoms with Gasteiger partial charge in [-0.25, -0.2) is 0 Å². The molecule has 0 fully saturated rings. The third-order valence-corrected chi connectivity index (χ3v) is 3.00. The Morgan fingerprint density at radius 1 is 1.21 bits per heavy atom. The highest BCUT2D eigenvalue weighted by Crippen LogP contribution is 1.98. The molecule has 0 atom stereocenters. The molecule has 0 rings (SSSR count). The number of hydrogen-bond donors (Lipinski definition) is 1. The van der Waals surface area contributed by atoms with Crippen molar-refractivity contribution in [1.82, 2.24) is 10.2 Å². The van der Waals surface area contributed by atoms with Gasteiger partial charge in [-0.2, -0.15) is 0 Å². The van der Waals surface area contributed by atoms with Crippen molar-refractivity contribution >= 4 is 11.9 Å². The Morgan fingerprint density at radius 3 is 2.47 bits per heavy atom. The van der Waals surface area contributed by atoms with Crippen LogP contribution in [0.4, 0.5) is 0 Å². The molecule has 1 N–H and O–H groups in total. The Bertz CT molecular complexity index is 267. The minimum Gasteiger partial charge on any atom is -0.466 e. The van der Waals surface area contributed by atoms with Gasteiger partial charge in [0.05, 0.1) is 13.0 Å². The van der Waals surface area contributed by atoms with Gasteiger partial charge in [-0.1, -0.05) is 0 Å². The van der Waals surface area contributed by atoms with Gasteiger partial charge in [0, 0.05) is 19.0 Å². The second-order valence-corrected chi connectivity index (χ2v) is 4.94. The van der Waals surface area contributed by atoms with Crippen LogP contribution < -0.4 is 5.32 Å². The van der Waals surface area contributed by atoms with Gasteiger partial charge in [0.2, 0.25) is 5.91 Å². The summed E-state index contributed by atoms with van der Waals surface area (Å²) in [7, 11) is 2.10. The van der Waals surface area contributed by atoms with Crippen molar-refractivity contribution in [1.29, 1.82) is 0 Å².